The second kappa shape index (κ2) is 5.55. The number of carbonyl (C=O) groups is 1. The Morgan fingerprint density at radius 3 is 2.72 bits per heavy atom. The molecule has 1 atom stereocenters. The Balaban J connectivity index is 2.06. The molecule has 1 unspecified atom stereocenters. The molecule has 0 spiro atoms. The molecule has 1 N–H and O–H groups in total. The zero-order chi connectivity index (χ0) is 13.0. The van der Waals surface area contributed by atoms with E-state index in [1.165, 1.54) is 12.4 Å². The number of rotatable bonds is 3. The average molecular weight is 263 g/mol. The molecule has 2 aromatic heterocycles. The maximum absolute atomic E-state index is 11.9. The van der Waals surface area contributed by atoms with E-state index >= 15 is 0 Å². The first-order chi connectivity index (χ1) is 8.66. The molecular weight excluding hydrogens is 252 g/mol. The fraction of sp³-hybridized carbons (Fsp3) is 0.167. The van der Waals surface area contributed by atoms with E-state index in [0.29, 0.717) is 0 Å². The first-order valence-corrected chi connectivity index (χ1v) is 5.74. The summed E-state index contributed by atoms with van der Waals surface area (Å²) in [5.74, 6) is -0.308. The summed E-state index contributed by atoms with van der Waals surface area (Å²) < 4.78 is 0. The Labute approximate surface area is 109 Å². The summed E-state index contributed by atoms with van der Waals surface area (Å²) >= 11 is 5.60. The first kappa shape index (κ1) is 12.4. The van der Waals surface area contributed by atoms with Gasteiger partial charge in [0.1, 0.15) is 10.8 Å². The fourth-order valence-electron chi connectivity index (χ4n) is 1.41. The zero-order valence-corrected chi connectivity index (χ0v) is 10.4. The van der Waals surface area contributed by atoms with Crippen molar-refractivity contribution in [3.8, 4) is 0 Å². The molecule has 0 saturated heterocycles. The normalized spacial score (nSPS) is 11.9. The van der Waals surface area contributed by atoms with Gasteiger partial charge in [-0.2, -0.15) is 0 Å². The van der Waals surface area contributed by atoms with Crippen LogP contribution in [0.3, 0.4) is 0 Å². The maximum Gasteiger partial charge on any atom is 0.272 e. The van der Waals surface area contributed by atoms with Crippen LogP contribution in [0.5, 0.6) is 0 Å². The Morgan fingerprint density at radius 1 is 1.28 bits per heavy atom. The van der Waals surface area contributed by atoms with E-state index in [1.54, 1.807) is 6.20 Å². The highest BCUT2D eigenvalue weighted by molar-refractivity contribution is 6.29. The van der Waals surface area contributed by atoms with Crippen LogP contribution in [0.15, 0.2) is 36.8 Å². The maximum atomic E-state index is 11.9. The highest BCUT2D eigenvalue weighted by Gasteiger charge is 2.13. The number of hydrogen-bond donors (Lipinski definition) is 1. The van der Waals surface area contributed by atoms with Crippen LogP contribution in [0.1, 0.15) is 29.1 Å². The minimum absolute atomic E-state index is 0.198. The highest BCUT2D eigenvalue weighted by atomic mass is 35.5. The zero-order valence-electron chi connectivity index (χ0n) is 9.67. The van der Waals surface area contributed by atoms with E-state index in [9.17, 15) is 4.79 Å². The lowest BCUT2D eigenvalue weighted by molar-refractivity contribution is 0.0933. The minimum atomic E-state index is -0.308. The van der Waals surface area contributed by atoms with E-state index < -0.39 is 0 Å². The summed E-state index contributed by atoms with van der Waals surface area (Å²) in [7, 11) is 0. The summed E-state index contributed by atoms with van der Waals surface area (Å²) in [6.07, 6.45) is 4.35. The molecule has 92 valence electrons. The van der Waals surface area contributed by atoms with Crippen molar-refractivity contribution in [3.05, 3.63) is 53.3 Å². The van der Waals surface area contributed by atoms with Crippen molar-refractivity contribution in [3.63, 3.8) is 0 Å². The SMILES string of the molecule is CC(NC(=O)c1cnc(Cl)cn1)c1ccccn1. The average Bonchev–Trinajstić information content (AvgIpc) is 2.40. The predicted octanol–water partition coefficient (Wildman–Crippen LogP) is 2.02. The topological polar surface area (TPSA) is 67.8 Å². The second-order valence-corrected chi connectivity index (χ2v) is 4.06. The van der Waals surface area contributed by atoms with E-state index in [0.717, 1.165) is 5.69 Å². The van der Waals surface area contributed by atoms with Gasteiger partial charge in [-0.3, -0.25) is 9.78 Å². The number of pyridine rings is 1. The third-order valence-corrected chi connectivity index (χ3v) is 2.53. The highest BCUT2D eigenvalue weighted by Crippen LogP contribution is 2.09. The first-order valence-electron chi connectivity index (χ1n) is 5.36. The number of nitrogens with zero attached hydrogens (tertiary/aromatic N) is 3. The van der Waals surface area contributed by atoms with E-state index in [4.69, 9.17) is 11.6 Å². The molecule has 5 nitrogen and oxygen atoms in total. The summed E-state index contributed by atoms with van der Waals surface area (Å²) in [5.41, 5.74) is 1.01. The van der Waals surface area contributed by atoms with Crippen molar-refractivity contribution in [2.24, 2.45) is 0 Å². The van der Waals surface area contributed by atoms with Crippen LogP contribution in [0.2, 0.25) is 5.15 Å². The molecule has 0 aliphatic carbocycles. The van der Waals surface area contributed by atoms with Gasteiger partial charge in [0.15, 0.2) is 0 Å². The van der Waals surface area contributed by atoms with Gasteiger partial charge in [0, 0.05) is 6.20 Å². The monoisotopic (exact) mass is 262 g/mol. The predicted molar refractivity (Wildman–Crippen MR) is 67.2 cm³/mol. The van der Waals surface area contributed by atoms with Crippen molar-refractivity contribution >= 4 is 17.5 Å². The van der Waals surface area contributed by atoms with Gasteiger partial charge >= 0.3 is 0 Å². The molecule has 6 heteroatoms. The van der Waals surface area contributed by atoms with Gasteiger partial charge in [-0.25, -0.2) is 9.97 Å². The molecule has 0 aliphatic heterocycles. The van der Waals surface area contributed by atoms with Crippen LogP contribution in [0.25, 0.3) is 0 Å². The van der Waals surface area contributed by atoms with Gasteiger partial charge in [-0.1, -0.05) is 17.7 Å². The molecule has 2 rings (SSSR count). The van der Waals surface area contributed by atoms with Gasteiger partial charge in [-0.15, -0.1) is 0 Å². The number of carbonyl (C=O) groups excluding carboxylic acids is 1. The Hall–Kier alpha value is -2.01. The molecule has 0 aliphatic rings. The quantitative estimate of drug-likeness (QED) is 0.919. The molecule has 0 saturated carbocycles. The van der Waals surface area contributed by atoms with Gasteiger partial charge in [-0.05, 0) is 19.1 Å². The van der Waals surface area contributed by atoms with Crippen LogP contribution in [-0.4, -0.2) is 20.9 Å². The molecule has 2 aromatic rings. The third-order valence-electron chi connectivity index (χ3n) is 2.33. The summed E-state index contributed by atoms with van der Waals surface area (Å²) in [6.45, 7) is 1.85. The summed E-state index contributed by atoms with van der Waals surface area (Å²) in [6, 6.07) is 5.34. The number of amides is 1. The molecule has 18 heavy (non-hydrogen) atoms. The second-order valence-electron chi connectivity index (χ2n) is 3.67. The Bertz CT molecular complexity index is 530. The molecule has 0 radical (unpaired) electrons. The van der Waals surface area contributed by atoms with Crippen LogP contribution in [0, 0.1) is 0 Å². The number of aromatic nitrogens is 3. The van der Waals surface area contributed by atoms with Crippen molar-refractivity contribution in [1.82, 2.24) is 20.3 Å². The number of hydrogen-bond acceptors (Lipinski definition) is 4. The van der Waals surface area contributed by atoms with E-state index in [1.807, 2.05) is 25.1 Å². The third kappa shape index (κ3) is 3.01. The summed E-state index contributed by atoms with van der Waals surface area (Å²) in [5, 5.41) is 3.04. The van der Waals surface area contributed by atoms with Gasteiger partial charge in [0.2, 0.25) is 0 Å². The van der Waals surface area contributed by atoms with Crippen LogP contribution in [-0.2, 0) is 0 Å². The minimum Gasteiger partial charge on any atom is -0.343 e. The van der Waals surface area contributed by atoms with Crippen molar-refractivity contribution in [2.75, 3.05) is 0 Å². The lowest BCUT2D eigenvalue weighted by atomic mass is 10.2. The standard InChI is InChI=1S/C12H11ClN4O/c1-8(9-4-2-3-5-14-9)17-12(18)10-6-16-11(13)7-15-10/h2-8H,1H3,(H,17,18). The molecular formula is C12H11ClN4O. The Kier molecular flexibility index (Phi) is 3.84. The number of nitrogens with one attached hydrogen (secondary N) is 1. The fourth-order valence-corrected chi connectivity index (χ4v) is 1.50. The smallest absolute Gasteiger partial charge is 0.272 e. The van der Waals surface area contributed by atoms with Gasteiger partial charge in [0.05, 0.1) is 24.1 Å². The van der Waals surface area contributed by atoms with Crippen LogP contribution < -0.4 is 5.32 Å². The molecule has 0 aromatic carbocycles. The van der Waals surface area contributed by atoms with Crippen LogP contribution in [0.4, 0.5) is 0 Å². The van der Waals surface area contributed by atoms with Crippen molar-refractivity contribution < 1.29 is 4.79 Å². The Morgan fingerprint density at radius 2 is 2.11 bits per heavy atom. The van der Waals surface area contributed by atoms with Crippen molar-refractivity contribution in [1.29, 1.82) is 0 Å². The summed E-state index contributed by atoms with van der Waals surface area (Å²) in [4.78, 5) is 23.7. The van der Waals surface area contributed by atoms with Crippen molar-refractivity contribution in [2.45, 2.75) is 13.0 Å². The van der Waals surface area contributed by atoms with Gasteiger partial charge < -0.3 is 5.32 Å². The molecule has 2 heterocycles. The lowest BCUT2D eigenvalue weighted by Crippen LogP contribution is -2.28. The van der Waals surface area contributed by atoms with Crippen LogP contribution >= 0.6 is 11.6 Å². The largest absolute Gasteiger partial charge is 0.343 e. The molecule has 0 bridgehead atoms. The van der Waals surface area contributed by atoms with E-state index in [2.05, 4.69) is 20.3 Å². The van der Waals surface area contributed by atoms with E-state index in [-0.39, 0.29) is 22.8 Å². The lowest BCUT2D eigenvalue weighted by Gasteiger charge is -2.12. The molecule has 0 fully saturated rings. The number of halogens is 1. The molecule has 1 amide bonds. The van der Waals surface area contributed by atoms with Gasteiger partial charge in [0.25, 0.3) is 5.91 Å².